The average molecular weight is 753 g/mol. The number of fused-ring (bicyclic) bond motifs is 1. The highest BCUT2D eigenvalue weighted by Gasteiger charge is 2.50. The van der Waals surface area contributed by atoms with Crippen LogP contribution in [0.5, 0.6) is 11.5 Å². The van der Waals surface area contributed by atoms with Crippen molar-refractivity contribution in [2.75, 3.05) is 37.2 Å². The van der Waals surface area contributed by atoms with Crippen molar-refractivity contribution in [1.29, 1.82) is 0 Å². The molecular weight excluding hydrogens is 697 g/mol. The zero-order valence-corrected chi connectivity index (χ0v) is 32.7. The smallest absolute Gasteiger partial charge is 0.224 e. The Labute approximate surface area is 325 Å². The monoisotopic (exact) mass is 752 g/mol. The van der Waals surface area contributed by atoms with Crippen LogP contribution in [0.2, 0.25) is 0 Å². The van der Waals surface area contributed by atoms with Gasteiger partial charge in [0, 0.05) is 44.1 Å². The first kappa shape index (κ1) is 38.1. The molecule has 12 heteroatoms. The van der Waals surface area contributed by atoms with E-state index in [0.29, 0.717) is 58.1 Å². The number of rotatable bonds is 13. The highest BCUT2D eigenvalue weighted by Crippen LogP contribution is 2.61. The Bertz CT molecular complexity index is 1910. The Kier molecular flexibility index (Phi) is 11.5. The number of amides is 2. The lowest BCUT2D eigenvalue weighted by Crippen LogP contribution is -2.46. The molecular formula is C42H56N8O3S. The lowest BCUT2D eigenvalue weighted by atomic mass is 9.48. The van der Waals surface area contributed by atoms with Gasteiger partial charge >= 0.3 is 0 Å². The number of likely N-dealkylation sites (tertiary alicyclic amines) is 1. The first-order chi connectivity index (χ1) is 25.8. The number of aromatic nitrogens is 4. The minimum Gasteiger partial charge on any atom is -0.455 e. The highest BCUT2D eigenvalue weighted by molar-refractivity contribution is 7.59. The number of nitrogen functional groups attached to an aromatic ring is 1. The number of ether oxygens (including phenoxy) is 1. The van der Waals surface area contributed by atoms with E-state index in [-0.39, 0.29) is 37.3 Å². The zero-order chi connectivity index (χ0) is 36.5. The van der Waals surface area contributed by atoms with Crippen LogP contribution in [-0.2, 0) is 9.59 Å². The summed E-state index contributed by atoms with van der Waals surface area (Å²) >= 11 is 0. The molecule has 3 heterocycles. The van der Waals surface area contributed by atoms with Crippen molar-refractivity contribution in [3.63, 3.8) is 0 Å². The van der Waals surface area contributed by atoms with Crippen molar-refractivity contribution in [3.05, 3.63) is 54.9 Å². The summed E-state index contributed by atoms with van der Waals surface area (Å²) in [5, 5.41) is 12.1. The summed E-state index contributed by atoms with van der Waals surface area (Å²) in [5.41, 5.74) is 9.70. The predicted octanol–water partition coefficient (Wildman–Crippen LogP) is 7.71. The molecule has 2 aromatic heterocycles. The largest absolute Gasteiger partial charge is 0.455 e. The van der Waals surface area contributed by atoms with Gasteiger partial charge in [-0.1, -0.05) is 32.0 Å². The summed E-state index contributed by atoms with van der Waals surface area (Å²) in [6, 6.07) is 15.3. The molecule has 2 amide bonds. The Morgan fingerprint density at radius 2 is 1.70 bits per heavy atom. The van der Waals surface area contributed by atoms with Crippen LogP contribution in [0.3, 0.4) is 0 Å². The fourth-order valence-electron chi connectivity index (χ4n) is 10.3. The molecule has 0 radical (unpaired) electrons. The highest BCUT2D eigenvalue weighted by atomic mass is 32.1. The maximum atomic E-state index is 13.1. The summed E-state index contributed by atoms with van der Waals surface area (Å²) in [5.74, 6) is 4.60. The topological polar surface area (TPSA) is 140 Å². The minimum absolute atomic E-state index is 0. The summed E-state index contributed by atoms with van der Waals surface area (Å²) in [6.07, 6.45) is 14.5. The van der Waals surface area contributed by atoms with Gasteiger partial charge in [0.15, 0.2) is 11.4 Å². The van der Waals surface area contributed by atoms with E-state index in [1.807, 2.05) is 60.1 Å². The van der Waals surface area contributed by atoms with Gasteiger partial charge in [-0.3, -0.25) is 9.59 Å². The number of nitrogens with two attached hydrogens (primary N) is 1. The fraction of sp³-hybridized carbons (Fsp3) is 0.548. The maximum Gasteiger partial charge on any atom is 0.224 e. The molecule has 288 valence electrons. The van der Waals surface area contributed by atoms with Crippen LogP contribution in [0.4, 0.5) is 11.5 Å². The predicted molar refractivity (Wildman–Crippen MR) is 218 cm³/mol. The molecule has 0 spiro atoms. The summed E-state index contributed by atoms with van der Waals surface area (Å²) in [4.78, 5) is 37.0. The molecule has 4 aromatic rings. The molecule has 9 rings (SSSR count). The molecule has 5 aliphatic rings. The molecule has 4 aliphatic carbocycles. The van der Waals surface area contributed by atoms with Gasteiger partial charge in [0.1, 0.15) is 23.6 Å². The van der Waals surface area contributed by atoms with Crippen LogP contribution in [-0.4, -0.2) is 62.6 Å². The number of carbonyl (C=O) groups is 2. The molecule has 2 aromatic carbocycles. The van der Waals surface area contributed by atoms with E-state index in [2.05, 4.69) is 32.4 Å². The van der Waals surface area contributed by atoms with Gasteiger partial charge in [-0.05, 0) is 118 Å². The van der Waals surface area contributed by atoms with Crippen LogP contribution in [0.15, 0.2) is 54.9 Å². The standard InChI is InChI=1S/C42H54N8O3.H2S/c1-3-36(51)47-34-22-31(9-10-35(34)53-33-7-5-4-6-8-33)38-37-39(43)45-26-46-40(37)50(48-38)32-12-16-49(17-13-32)18-15-44-41(52)27(2)11-14-42-23-28-19-29(24-42)21-30(20-28)25-42;/h4-10,22,26-30,32H,3,11-21,23-25H2,1-2H3,(H,44,52)(H,47,51)(H2,43,45,46);1H2/t27-,28?,29?,30?,42?;/m0./s1. The van der Waals surface area contributed by atoms with Crippen molar-refractivity contribution in [2.24, 2.45) is 29.1 Å². The van der Waals surface area contributed by atoms with Crippen molar-refractivity contribution in [3.8, 4) is 22.8 Å². The number of hydrogen-bond acceptors (Lipinski definition) is 8. The Hall–Kier alpha value is -4.16. The van der Waals surface area contributed by atoms with E-state index >= 15 is 0 Å². The second-order valence-corrected chi connectivity index (χ2v) is 16.5. The summed E-state index contributed by atoms with van der Waals surface area (Å²) < 4.78 is 8.16. The van der Waals surface area contributed by atoms with Crippen molar-refractivity contribution < 1.29 is 14.3 Å². The third-order valence-corrected chi connectivity index (χ3v) is 12.7. The van der Waals surface area contributed by atoms with E-state index in [1.165, 1.54) is 51.3 Å². The van der Waals surface area contributed by atoms with Crippen molar-refractivity contribution in [1.82, 2.24) is 30.0 Å². The second kappa shape index (κ2) is 16.3. The van der Waals surface area contributed by atoms with E-state index in [4.69, 9.17) is 15.6 Å². The van der Waals surface area contributed by atoms with Crippen LogP contribution in [0, 0.1) is 29.1 Å². The Balaban J connectivity index is 0.00000450. The van der Waals surface area contributed by atoms with Gasteiger partial charge in [0.25, 0.3) is 0 Å². The van der Waals surface area contributed by atoms with Crippen LogP contribution >= 0.6 is 13.5 Å². The first-order valence-electron chi connectivity index (χ1n) is 19.9. The number of hydrogen-bond donors (Lipinski definition) is 3. The summed E-state index contributed by atoms with van der Waals surface area (Å²) in [7, 11) is 0. The Morgan fingerprint density at radius 1 is 1.00 bits per heavy atom. The zero-order valence-electron chi connectivity index (χ0n) is 31.7. The first-order valence-corrected chi connectivity index (χ1v) is 19.9. The maximum absolute atomic E-state index is 13.1. The van der Waals surface area contributed by atoms with Gasteiger partial charge in [0.05, 0.1) is 17.1 Å². The van der Waals surface area contributed by atoms with Gasteiger partial charge in [-0.15, -0.1) is 0 Å². The molecule has 1 atom stereocenters. The molecule has 11 nitrogen and oxygen atoms in total. The van der Waals surface area contributed by atoms with Crippen LogP contribution in [0.25, 0.3) is 22.3 Å². The second-order valence-electron chi connectivity index (χ2n) is 16.5. The lowest BCUT2D eigenvalue weighted by molar-refractivity contribution is -0.125. The van der Waals surface area contributed by atoms with Crippen LogP contribution in [0.1, 0.15) is 90.5 Å². The molecule has 1 aliphatic heterocycles. The molecule has 1 saturated heterocycles. The number of nitrogens with one attached hydrogen (secondary N) is 2. The van der Waals surface area contributed by atoms with Crippen molar-refractivity contribution >= 4 is 47.8 Å². The van der Waals surface area contributed by atoms with E-state index in [9.17, 15) is 9.59 Å². The molecule has 4 saturated carbocycles. The van der Waals surface area contributed by atoms with Crippen LogP contribution < -0.4 is 21.1 Å². The number of piperidine rings is 1. The van der Waals surface area contributed by atoms with E-state index < -0.39 is 0 Å². The number of para-hydroxylation sites is 1. The third kappa shape index (κ3) is 8.10. The number of benzene rings is 2. The summed E-state index contributed by atoms with van der Waals surface area (Å²) in [6.45, 7) is 7.25. The average Bonchev–Trinajstić information content (AvgIpc) is 3.55. The Morgan fingerprint density at radius 3 is 2.39 bits per heavy atom. The van der Waals surface area contributed by atoms with Crippen molar-refractivity contribution in [2.45, 2.75) is 90.5 Å². The number of anilines is 2. The van der Waals surface area contributed by atoms with Gasteiger partial charge < -0.3 is 26.0 Å². The third-order valence-electron chi connectivity index (χ3n) is 12.7. The quantitative estimate of drug-likeness (QED) is 0.126. The van der Waals surface area contributed by atoms with Gasteiger partial charge in [-0.25, -0.2) is 14.6 Å². The normalized spacial score (nSPS) is 24.2. The minimum atomic E-state index is -0.119. The van der Waals surface area contributed by atoms with E-state index in [1.54, 1.807) is 0 Å². The molecule has 54 heavy (non-hydrogen) atoms. The molecule has 4 bridgehead atoms. The van der Waals surface area contributed by atoms with Gasteiger partial charge in [0.2, 0.25) is 11.8 Å². The fourth-order valence-corrected chi connectivity index (χ4v) is 10.3. The lowest BCUT2D eigenvalue weighted by Gasteiger charge is -2.57. The number of carbonyl (C=O) groups excluding carboxylic acids is 2. The SMILES string of the molecule is CCC(=O)Nc1cc(-c2nn(C3CCN(CCNC(=O)[C@@H](C)CCC45CC6CC(CC(C6)C4)C5)CC3)c3ncnc(N)c23)ccc1Oc1ccccc1.S. The van der Waals surface area contributed by atoms with E-state index in [0.717, 1.165) is 62.2 Å². The molecule has 4 N–H and O–H groups in total. The number of nitrogens with zero attached hydrogens (tertiary/aromatic N) is 5. The molecule has 5 fully saturated rings. The van der Waals surface area contributed by atoms with Gasteiger partial charge in [-0.2, -0.15) is 18.6 Å². The molecule has 0 unspecified atom stereocenters.